The maximum absolute atomic E-state index is 11.7. The Bertz CT molecular complexity index is 432. The summed E-state index contributed by atoms with van der Waals surface area (Å²) in [6, 6.07) is 2.47. The van der Waals surface area contributed by atoms with Gasteiger partial charge < -0.3 is 24.9 Å². The van der Waals surface area contributed by atoms with Gasteiger partial charge >= 0.3 is 12.0 Å². The molecule has 0 saturated carbocycles. The van der Waals surface area contributed by atoms with Crippen molar-refractivity contribution in [2.75, 3.05) is 19.8 Å². The number of carboxylic acids is 1. The number of hydrogen-bond acceptors (Lipinski definition) is 4. The highest BCUT2D eigenvalue weighted by molar-refractivity contribution is 5.86. The standard InChI is InChI=1S/C13H20N2O5/c1-3-7-19-9-6-14-12(18)15-13(2,11(16)17)10-5-4-8-20-10/h4-5,8H,3,6-7,9H2,1-2H3,(H,16,17)(H2,14,15,18). The van der Waals surface area contributed by atoms with E-state index in [0.717, 1.165) is 6.42 Å². The molecule has 2 amide bonds. The van der Waals surface area contributed by atoms with Crippen molar-refractivity contribution >= 4 is 12.0 Å². The van der Waals surface area contributed by atoms with Gasteiger partial charge in [-0.05, 0) is 25.5 Å². The van der Waals surface area contributed by atoms with Gasteiger partial charge in [0.15, 0.2) is 5.54 Å². The summed E-state index contributed by atoms with van der Waals surface area (Å²) >= 11 is 0. The maximum atomic E-state index is 11.7. The summed E-state index contributed by atoms with van der Waals surface area (Å²) in [4.78, 5) is 23.1. The van der Waals surface area contributed by atoms with Crippen LogP contribution in [0, 0.1) is 0 Å². The molecule has 20 heavy (non-hydrogen) atoms. The molecule has 1 aromatic heterocycles. The first kappa shape index (κ1) is 16.0. The fraction of sp³-hybridized carbons (Fsp3) is 0.538. The highest BCUT2D eigenvalue weighted by atomic mass is 16.5. The largest absolute Gasteiger partial charge is 0.479 e. The monoisotopic (exact) mass is 284 g/mol. The normalized spacial score (nSPS) is 13.5. The Labute approximate surface area is 117 Å². The van der Waals surface area contributed by atoms with Crippen molar-refractivity contribution in [1.82, 2.24) is 10.6 Å². The van der Waals surface area contributed by atoms with Gasteiger partial charge in [0.25, 0.3) is 0 Å². The van der Waals surface area contributed by atoms with E-state index in [-0.39, 0.29) is 5.76 Å². The van der Waals surface area contributed by atoms with Crippen LogP contribution in [0.1, 0.15) is 26.0 Å². The number of amides is 2. The summed E-state index contributed by atoms with van der Waals surface area (Å²) < 4.78 is 10.3. The molecule has 1 atom stereocenters. The first-order chi connectivity index (χ1) is 9.50. The van der Waals surface area contributed by atoms with Crippen LogP contribution in [0.15, 0.2) is 22.8 Å². The minimum atomic E-state index is -1.61. The lowest BCUT2D eigenvalue weighted by Crippen LogP contribution is -2.53. The Kier molecular flexibility index (Phi) is 6.05. The van der Waals surface area contributed by atoms with E-state index < -0.39 is 17.5 Å². The van der Waals surface area contributed by atoms with Gasteiger partial charge in [0.05, 0.1) is 12.9 Å². The number of carbonyl (C=O) groups is 2. The number of aliphatic carboxylic acids is 1. The van der Waals surface area contributed by atoms with E-state index in [0.29, 0.717) is 19.8 Å². The molecule has 3 N–H and O–H groups in total. The number of carbonyl (C=O) groups excluding carboxylic acids is 1. The van der Waals surface area contributed by atoms with Gasteiger partial charge in [-0.1, -0.05) is 6.92 Å². The highest BCUT2D eigenvalue weighted by Crippen LogP contribution is 2.21. The van der Waals surface area contributed by atoms with Gasteiger partial charge in [-0.2, -0.15) is 0 Å². The fourth-order valence-electron chi connectivity index (χ4n) is 1.54. The van der Waals surface area contributed by atoms with Crippen molar-refractivity contribution in [1.29, 1.82) is 0 Å². The number of furan rings is 1. The molecule has 7 heteroatoms. The van der Waals surface area contributed by atoms with Crippen LogP contribution in [-0.2, 0) is 15.1 Å². The van der Waals surface area contributed by atoms with Crippen molar-refractivity contribution < 1.29 is 23.8 Å². The molecule has 0 saturated heterocycles. The third-order valence-corrected chi connectivity index (χ3v) is 2.69. The zero-order chi connectivity index (χ0) is 15.0. The first-order valence-corrected chi connectivity index (χ1v) is 6.42. The molecule has 0 aromatic carbocycles. The molecule has 0 aliphatic heterocycles. The van der Waals surface area contributed by atoms with Gasteiger partial charge in [-0.25, -0.2) is 9.59 Å². The third kappa shape index (κ3) is 4.27. The van der Waals surface area contributed by atoms with Gasteiger partial charge in [-0.15, -0.1) is 0 Å². The van der Waals surface area contributed by atoms with Gasteiger partial charge in [0.1, 0.15) is 5.76 Å². The van der Waals surface area contributed by atoms with E-state index >= 15 is 0 Å². The topological polar surface area (TPSA) is 101 Å². The Balaban J connectivity index is 2.51. The van der Waals surface area contributed by atoms with Gasteiger partial charge in [0.2, 0.25) is 0 Å². The second-order valence-corrected chi connectivity index (χ2v) is 4.40. The average molecular weight is 284 g/mol. The molecule has 0 bridgehead atoms. The Hall–Kier alpha value is -2.02. The van der Waals surface area contributed by atoms with Gasteiger partial charge in [-0.3, -0.25) is 0 Å². The smallest absolute Gasteiger partial charge is 0.337 e. The third-order valence-electron chi connectivity index (χ3n) is 2.69. The Morgan fingerprint density at radius 1 is 1.45 bits per heavy atom. The minimum Gasteiger partial charge on any atom is -0.479 e. The first-order valence-electron chi connectivity index (χ1n) is 6.42. The number of carboxylic acid groups (broad SMARTS) is 1. The maximum Gasteiger partial charge on any atom is 0.337 e. The van der Waals surface area contributed by atoms with E-state index in [4.69, 9.17) is 9.15 Å². The van der Waals surface area contributed by atoms with Crippen molar-refractivity contribution in [3.8, 4) is 0 Å². The van der Waals surface area contributed by atoms with Crippen LogP contribution in [0.2, 0.25) is 0 Å². The summed E-state index contributed by atoms with van der Waals surface area (Å²) in [6.07, 6.45) is 2.26. The molecule has 0 spiro atoms. The summed E-state index contributed by atoms with van der Waals surface area (Å²) in [5.74, 6) is -1.05. The molecule has 1 unspecified atom stereocenters. The summed E-state index contributed by atoms with van der Waals surface area (Å²) in [5, 5.41) is 14.2. The van der Waals surface area contributed by atoms with Gasteiger partial charge in [0, 0.05) is 13.2 Å². The molecule has 1 rings (SSSR count). The lowest BCUT2D eigenvalue weighted by atomic mass is 9.99. The van der Waals surface area contributed by atoms with E-state index in [2.05, 4.69) is 10.6 Å². The number of rotatable bonds is 8. The van der Waals surface area contributed by atoms with Crippen LogP contribution in [-0.4, -0.2) is 36.9 Å². The van der Waals surface area contributed by atoms with E-state index in [1.165, 1.54) is 19.3 Å². The zero-order valence-electron chi connectivity index (χ0n) is 11.6. The van der Waals surface area contributed by atoms with Crippen molar-refractivity contribution in [2.45, 2.75) is 25.8 Å². The van der Waals surface area contributed by atoms with Crippen molar-refractivity contribution in [3.63, 3.8) is 0 Å². The number of ether oxygens (including phenoxy) is 1. The average Bonchev–Trinajstić information content (AvgIpc) is 2.92. The van der Waals surface area contributed by atoms with Crippen LogP contribution < -0.4 is 10.6 Å². The Morgan fingerprint density at radius 2 is 2.20 bits per heavy atom. The van der Waals surface area contributed by atoms with Crippen LogP contribution in [0.3, 0.4) is 0 Å². The van der Waals surface area contributed by atoms with Crippen LogP contribution >= 0.6 is 0 Å². The molecule has 7 nitrogen and oxygen atoms in total. The van der Waals surface area contributed by atoms with E-state index in [1.54, 1.807) is 6.07 Å². The van der Waals surface area contributed by atoms with Crippen LogP contribution in [0.25, 0.3) is 0 Å². The van der Waals surface area contributed by atoms with E-state index in [1.807, 2.05) is 6.92 Å². The lowest BCUT2D eigenvalue weighted by Gasteiger charge is -2.24. The molecular weight excluding hydrogens is 264 g/mol. The second kappa shape index (κ2) is 7.54. The molecule has 0 radical (unpaired) electrons. The molecule has 0 aliphatic carbocycles. The predicted molar refractivity (Wildman–Crippen MR) is 71.3 cm³/mol. The molecule has 1 heterocycles. The molecule has 0 aliphatic rings. The minimum absolute atomic E-state index is 0.155. The molecule has 1 aromatic rings. The number of hydrogen-bond donors (Lipinski definition) is 3. The van der Waals surface area contributed by atoms with Crippen molar-refractivity contribution in [3.05, 3.63) is 24.2 Å². The summed E-state index contributed by atoms with van der Waals surface area (Å²) in [7, 11) is 0. The van der Waals surface area contributed by atoms with E-state index in [9.17, 15) is 14.7 Å². The van der Waals surface area contributed by atoms with Crippen molar-refractivity contribution in [2.24, 2.45) is 0 Å². The molecule has 112 valence electrons. The van der Waals surface area contributed by atoms with Crippen LogP contribution in [0.5, 0.6) is 0 Å². The molecule has 0 fully saturated rings. The summed E-state index contributed by atoms with van der Waals surface area (Å²) in [6.45, 7) is 4.66. The number of nitrogens with one attached hydrogen (secondary N) is 2. The summed E-state index contributed by atoms with van der Waals surface area (Å²) in [5.41, 5.74) is -1.61. The lowest BCUT2D eigenvalue weighted by molar-refractivity contribution is -0.144. The quantitative estimate of drug-likeness (QED) is 0.625. The Morgan fingerprint density at radius 3 is 2.75 bits per heavy atom. The second-order valence-electron chi connectivity index (χ2n) is 4.40. The SMILES string of the molecule is CCCOCCNC(=O)NC(C)(C(=O)O)c1ccco1. The van der Waals surface area contributed by atoms with Crippen LogP contribution in [0.4, 0.5) is 4.79 Å². The predicted octanol–water partition coefficient (Wildman–Crippen LogP) is 1.31. The molecular formula is C13H20N2O5. The fourth-order valence-corrected chi connectivity index (χ4v) is 1.54. The highest BCUT2D eigenvalue weighted by Gasteiger charge is 2.39. The zero-order valence-corrected chi connectivity index (χ0v) is 11.6. The number of urea groups is 1.